The lowest BCUT2D eigenvalue weighted by atomic mass is 9.98. The second kappa shape index (κ2) is 4.46. The zero-order chi connectivity index (χ0) is 8.97. The molecular formula is C11H13Br. The smallest absolute Gasteiger partial charge is 0.0178 e. The molecule has 1 aromatic carbocycles. The number of hydrogen-bond acceptors (Lipinski definition) is 0. The normalized spacial score (nSPS) is 12.5. The van der Waals surface area contributed by atoms with E-state index < -0.39 is 0 Å². The van der Waals surface area contributed by atoms with Gasteiger partial charge in [-0.2, -0.15) is 0 Å². The van der Waals surface area contributed by atoms with Crippen molar-refractivity contribution in [2.24, 2.45) is 0 Å². The van der Waals surface area contributed by atoms with Crippen molar-refractivity contribution in [3.05, 3.63) is 47.0 Å². The largest absolute Gasteiger partial charge is 0.103 e. The van der Waals surface area contributed by atoms with Gasteiger partial charge < -0.3 is 0 Å². The van der Waals surface area contributed by atoms with Crippen LogP contribution >= 0.6 is 15.9 Å². The molecule has 0 fully saturated rings. The first-order valence-electron chi connectivity index (χ1n) is 4.10. The van der Waals surface area contributed by atoms with Crippen LogP contribution in [0, 0.1) is 0 Å². The highest BCUT2D eigenvalue weighted by Gasteiger charge is 2.02. The van der Waals surface area contributed by atoms with Crippen LogP contribution in [0.3, 0.4) is 0 Å². The Balaban J connectivity index is 2.80. The zero-order valence-corrected chi connectivity index (χ0v) is 8.84. The molecule has 0 unspecified atom stereocenters. The Kier molecular flexibility index (Phi) is 3.54. The second-order valence-electron chi connectivity index (χ2n) is 2.98. The monoisotopic (exact) mass is 224 g/mol. The Labute approximate surface area is 82.4 Å². The van der Waals surface area contributed by atoms with Crippen molar-refractivity contribution in [3.63, 3.8) is 0 Å². The molecule has 0 aliphatic rings. The molecule has 1 heteroatoms. The van der Waals surface area contributed by atoms with E-state index in [1.54, 1.807) is 0 Å². The Morgan fingerprint density at radius 3 is 2.92 bits per heavy atom. The minimum absolute atomic E-state index is 0.569. The van der Waals surface area contributed by atoms with Crippen molar-refractivity contribution in [2.75, 3.05) is 0 Å². The number of allylic oxidation sites excluding steroid dienone is 1. The van der Waals surface area contributed by atoms with E-state index >= 15 is 0 Å². The summed E-state index contributed by atoms with van der Waals surface area (Å²) in [6.07, 6.45) is 3.00. The fourth-order valence-electron chi connectivity index (χ4n) is 1.20. The van der Waals surface area contributed by atoms with Crippen LogP contribution in [0.1, 0.15) is 24.8 Å². The topological polar surface area (TPSA) is 0 Å². The molecule has 1 aromatic rings. The van der Waals surface area contributed by atoms with E-state index in [9.17, 15) is 0 Å². The highest BCUT2D eigenvalue weighted by atomic mass is 79.9. The van der Waals surface area contributed by atoms with Crippen LogP contribution in [0.4, 0.5) is 0 Å². The second-order valence-corrected chi connectivity index (χ2v) is 3.90. The van der Waals surface area contributed by atoms with Crippen LogP contribution in [0.15, 0.2) is 41.4 Å². The van der Waals surface area contributed by atoms with Crippen molar-refractivity contribution in [3.8, 4) is 0 Å². The lowest BCUT2D eigenvalue weighted by molar-refractivity contribution is 0.781. The summed E-state index contributed by atoms with van der Waals surface area (Å²) in [5.74, 6) is 0.569. The van der Waals surface area contributed by atoms with Crippen molar-refractivity contribution < 1.29 is 0 Å². The van der Waals surface area contributed by atoms with Gasteiger partial charge in [-0.3, -0.25) is 0 Å². The summed E-state index contributed by atoms with van der Waals surface area (Å²) >= 11 is 3.46. The van der Waals surface area contributed by atoms with E-state index in [1.807, 2.05) is 12.1 Å². The van der Waals surface area contributed by atoms with Gasteiger partial charge >= 0.3 is 0 Å². The maximum absolute atomic E-state index is 3.74. The van der Waals surface area contributed by atoms with E-state index in [4.69, 9.17) is 0 Å². The van der Waals surface area contributed by atoms with Gasteiger partial charge in [0.05, 0.1) is 0 Å². The predicted molar refractivity (Wildman–Crippen MR) is 57.4 cm³/mol. The maximum atomic E-state index is 3.74. The fraction of sp³-hybridized carbons (Fsp3) is 0.273. The van der Waals surface area contributed by atoms with Crippen LogP contribution in [-0.2, 0) is 0 Å². The summed E-state index contributed by atoms with van der Waals surface area (Å²) < 4.78 is 1.15. The van der Waals surface area contributed by atoms with Crippen molar-refractivity contribution >= 4 is 15.9 Å². The predicted octanol–water partition coefficient (Wildman–Crippen LogP) is 4.13. The molecule has 0 saturated heterocycles. The molecule has 0 spiro atoms. The molecule has 0 saturated carbocycles. The average molecular weight is 225 g/mol. The Bertz CT molecular complexity index is 265. The van der Waals surface area contributed by atoms with Crippen molar-refractivity contribution in [1.82, 2.24) is 0 Å². The molecule has 1 rings (SSSR count). The van der Waals surface area contributed by atoms with E-state index in [1.165, 1.54) is 5.56 Å². The fourth-order valence-corrected chi connectivity index (χ4v) is 1.62. The van der Waals surface area contributed by atoms with Gasteiger partial charge in [-0.25, -0.2) is 0 Å². The summed E-state index contributed by atoms with van der Waals surface area (Å²) in [4.78, 5) is 0. The van der Waals surface area contributed by atoms with Crippen molar-refractivity contribution in [1.29, 1.82) is 0 Å². The van der Waals surface area contributed by atoms with E-state index in [0.717, 1.165) is 10.9 Å². The van der Waals surface area contributed by atoms with Crippen LogP contribution in [-0.4, -0.2) is 0 Å². The molecule has 0 aliphatic carbocycles. The average Bonchev–Trinajstić information content (AvgIpc) is 2.05. The summed E-state index contributed by atoms with van der Waals surface area (Å²) in [5, 5.41) is 0. The van der Waals surface area contributed by atoms with Gasteiger partial charge in [-0.15, -0.1) is 6.58 Å². The third kappa shape index (κ3) is 2.49. The van der Waals surface area contributed by atoms with Gasteiger partial charge in [0.1, 0.15) is 0 Å². The number of halogens is 1. The summed E-state index contributed by atoms with van der Waals surface area (Å²) in [6, 6.07) is 8.43. The van der Waals surface area contributed by atoms with E-state index in [2.05, 4.69) is 47.6 Å². The minimum atomic E-state index is 0.569. The van der Waals surface area contributed by atoms with Gasteiger partial charge in [0.25, 0.3) is 0 Å². The van der Waals surface area contributed by atoms with Gasteiger partial charge in [-0.1, -0.05) is 41.1 Å². The minimum Gasteiger partial charge on any atom is -0.103 e. The first kappa shape index (κ1) is 9.53. The van der Waals surface area contributed by atoms with Crippen LogP contribution < -0.4 is 0 Å². The van der Waals surface area contributed by atoms with Crippen LogP contribution in [0.25, 0.3) is 0 Å². The quantitative estimate of drug-likeness (QED) is 0.678. The van der Waals surface area contributed by atoms with Gasteiger partial charge in [0.15, 0.2) is 0 Å². The molecule has 0 aliphatic heterocycles. The molecule has 64 valence electrons. The Morgan fingerprint density at radius 2 is 2.33 bits per heavy atom. The SMILES string of the molecule is C=CC[C@@H](C)c1cccc(Br)c1. The van der Waals surface area contributed by atoms with Gasteiger partial charge in [0.2, 0.25) is 0 Å². The molecule has 0 aromatic heterocycles. The lowest BCUT2D eigenvalue weighted by Crippen LogP contribution is -1.90. The molecule has 1 atom stereocenters. The van der Waals surface area contributed by atoms with Gasteiger partial charge in [0, 0.05) is 4.47 Å². The zero-order valence-electron chi connectivity index (χ0n) is 7.26. The third-order valence-corrected chi connectivity index (χ3v) is 2.43. The summed E-state index contributed by atoms with van der Waals surface area (Å²) in [6.45, 7) is 5.95. The standard InChI is InChI=1S/C11H13Br/c1-3-5-9(2)10-6-4-7-11(12)8-10/h3-4,6-9H,1,5H2,2H3/t9-/m1/s1. The van der Waals surface area contributed by atoms with Crippen molar-refractivity contribution in [2.45, 2.75) is 19.3 Å². The molecule has 0 nitrogen and oxygen atoms in total. The molecule has 0 N–H and O–H groups in total. The molecule has 12 heavy (non-hydrogen) atoms. The molecule has 0 radical (unpaired) electrons. The molecule has 0 amide bonds. The first-order chi connectivity index (χ1) is 5.74. The van der Waals surface area contributed by atoms with Crippen LogP contribution in [0.2, 0.25) is 0 Å². The summed E-state index contributed by atoms with van der Waals surface area (Å²) in [7, 11) is 0. The number of rotatable bonds is 3. The highest BCUT2D eigenvalue weighted by Crippen LogP contribution is 2.22. The number of benzene rings is 1. The maximum Gasteiger partial charge on any atom is 0.0178 e. The lowest BCUT2D eigenvalue weighted by Gasteiger charge is -2.08. The van der Waals surface area contributed by atoms with E-state index in [-0.39, 0.29) is 0 Å². The number of hydrogen-bond donors (Lipinski definition) is 0. The third-order valence-electron chi connectivity index (χ3n) is 1.94. The highest BCUT2D eigenvalue weighted by molar-refractivity contribution is 9.10. The molecule has 0 heterocycles. The molecule has 0 bridgehead atoms. The summed E-state index contributed by atoms with van der Waals surface area (Å²) in [5.41, 5.74) is 1.37. The Morgan fingerprint density at radius 1 is 1.58 bits per heavy atom. The van der Waals surface area contributed by atoms with Gasteiger partial charge in [-0.05, 0) is 30.0 Å². The Hall–Kier alpha value is -0.560. The first-order valence-corrected chi connectivity index (χ1v) is 4.89. The van der Waals surface area contributed by atoms with Crippen LogP contribution in [0.5, 0.6) is 0 Å². The molecular weight excluding hydrogens is 212 g/mol. The van der Waals surface area contributed by atoms with E-state index in [0.29, 0.717) is 5.92 Å².